The van der Waals surface area contributed by atoms with Crippen LogP contribution >= 0.6 is 11.8 Å². The van der Waals surface area contributed by atoms with Crippen LogP contribution in [0, 0.1) is 6.92 Å². The summed E-state index contributed by atoms with van der Waals surface area (Å²) in [6, 6.07) is 9.85. The molecule has 2 aromatic heterocycles. The molecule has 3 rings (SSSR count). The van der Waals surface area contributed by atoms with Gasteiger partial charge in [-0.2, -0.15) is 0 Å². The van der Waals surface area contributed by atoms with Crippen LogP contribution in [0.4, 0.5) is 0 Å². The summed E-state index contributed by atoms with van der Waals surface area (Å²) in [4.78, 5) is 25.8. The van der Waals surface area contributed by atoms with E-state index in [1.807, 2.05) is 42.3 Å². The van der Waals surface area contributed by atoms with Crippen molar-refractivity contribution in [2.24, 2.45) is 0 Å². The fraction of sp³-hybridized carbons (Fsp3) is 0.421. The highest BCUT2D eigenvalue weighted by molar-refractivity contribution is 8.00. The lowest BCUT2D eigenvalue weighted by Crippen LogP contribution is -2.50. The number of pyridine rings is 2. The summed E-state index contributed by atoms with van der Waals surface area (Å²) < 4.78 is 0. The molecule has 1 saturated heterocycles. The molecule has 0 aromatic carbocycles. The lowest BCUT2D eigenvalue weighted by molar-refractivity contribution is -0.132. The maximum Gasteiger partial charge on any atom is 0.235 e. The minimum atomic E-state index is -0.112. The highest BCUT2D eigenvalue weighted by Gasteiger charge is 2.26. The first-order chi connectivity index (χ1) is 12.1. The van der Waals surface area contributed by atoms with Gasteiger partial charge in [0.2, 0.25) is 5.91 Å². The third-order valence-corrected chi connectivity index (χ3v) is 5.50. The Kier molecular flexibility index (Phi) is 6.04. The fourth-order valence-electron chi connectivity index (χ4n) is 2.93. The monoisotopic (exact) mass is 356 g/mol. The lowest BCUT2D eigenvalue weighted by Gasteiger charge is -2.35. The van der Waals surface area contributed by atoms with Crippen LogP contribution in [0.5, 0.6) is 0 Å². The molecule has 132 valence electrons. The Labute approximate surface area is 153 Å². The molecule has 1 aliphatic heterocycles. The normalized spacial score (nSPS) is 16.6. The summed E-state index contributed by atoms with van der Waals surface area (Å²) >= 11 is 1.52. The van der Waals surface area contributed by atoms with Gasteiger partial charge in [0.1, 0.15) is 0 Å². The molecule has 1 fully saturated rings. The maximum atomic E-state index is 12.7. The Morgan fingerprint density at radius 3 is 2.56 bits per heavy atom. The Balaban J connectivity index is 1.50. The summed E-state index contributed by atoms with van der Waals surface area (Å²) in [5.74, 6) is 0.198. The van der Waals surface area contributed by atoms with Gasteiger partial charge in [-0.15, -0.1) is 0 Å². The summed E-state index contributed by atoms with van der Waals surface area (Å²) in [6.45, 7) is 8.25. The number of carbonyl (C=O) groups is 1. The van der Waals surface area contributed by atoms with E-state index in [2.05, 4.69) is 27.9 Å². The molecule has 1 atom stereocenters. The van der Waals surface area contributed by atoms with Gasteiger partial charge in [0, 0.05) is 45.1 Å². The predicted octanol–water partition coefficient (Wildman–Crippen LogP) is 2.61. The molecule has 1 amide bonds. The van der Waals surface area contributed by atoms with Crippen LogP contribution in [0.2, 0.25) is 0 Å². The summed E-state index contributed by atoms with van der Waals surface area (Å²) in [5.41, 5.74) is 2.35. The SMILES string of the molecule is Cc1cccnc1CN1CCN(C(=O)C(C)Sc2ccccn2)CC1. The van der Waals surface area contributed by atoms with Crippen molar-refractivity contribution < 1.29 is 4.79 Å². The van der Waals surface area contributed by atoms with Crippen molar-refractivity contribution in [1.29, 1.82) is 0 Å². The van der Waals surface area contributed by atoms with Crippen molar-refractivity contribution in [3.05, 3.63) is 54.0 Å². The number of amides is 1. The molecule has 0 spiro atoms. The van der Waals surface area contributed by atoms with Crippen LogP contribution in [0.3, 0.4) is 0 Å². The molecule has 0 bridgehead atoms. The minimum Gasteiger partial charge on any atom is -0.339 e. The number of aromatic nitrogens is 2. The van der Waals surface area contributed by atoms with Crippen LogP contribution in [0.1, 0.15) is 18.2 Å². The number of hydrogen-bond acceptors (Lipinski definition) is 5. The second kappa shape index (κ2) is 8.45. The van der Waals surface area contributed by atoms with E-state index in [1.54, 1.807) is 6.20 Å². The van der Waals surface area contributed by atoms with E-state index < -0.39 is 0 Å². The molecule has 25 heavy (non-hydrogen) atoms. The zero-order chi connectivity index (χ0) is 17.6. The van der Waals surface area contributed by atoms with E-state index in [1.165, 1.54) is 17.3 Å². The molecule has 0 N–H and O–H groups in total. The standard InChI is InChI=1S/C19H24N4OS/c1-15-6-5-9-20-17(15)14-22-10-12-23(13-11-22)19(24)16(2)25-18-7-3-4-8-21-18/h3-9,16H,10-14H2,1-2H3. The number of piperazine rings is 1. The predicted molar refractivity (Wildman–Crippen MR) is 100 cm³/mol. The molecule has 0 saturated carbocycles. The van der Waals surface area contributed by atoms with Gasteiger partial charge in [0.15, 0.2) is 0 Å². The molecule has 0 aliphatic carbocycles. The topological polar surface area (TPSA) is 49.3 Å². The Bertz CT molecular complexity index is 702. The van der Waals surface area contributed by atoms with Gasteiger partial charge >= 0.3 is 0 Å². The van der Waals surface area contributed by atoms with Gasteiger partial charge in [-0.3, -0.25) is 14.7 Å². The van der Waals surface area contributed by atoms with E-state index in [0.29, 0.717) is 0 Å². The molecule has 1 aliphatic rings. The number of thioether (sulfide) groups is 1. The van der Waals surface area contributed by atoms with Gasteiger partial charge in [-0.1, -0.05) is 23.9 Å². The largest absolute Gasteiger partial charge is 0.339 e. The first kappa shape index (κ1) is 17.9. The highest BCUT2D eigenvalue weighted by atomic mass is 32.2. The second-order valence-corrected chi connectivity index (χ2v) is 7.66. The van der Waals surface area contributed by atoms with Crippen molar-refractivity contribution >= 4 is 17.7 Å². The van der Waals surface area contributed by atoms with E-state index in [0.717, 1.165) is 43.4 Å². The lowest BCUT2D eigenvalue weighted by atomic mass is 10.2. The quantitative estimate of drug-likeness (QED) is 0.771. The van der Waals surface area contributed by atoms with E-state index in [4.69, 9.17) is 0 Å². The van der Waals surface area contributed by atoms with Crippen LogP contribution in [-0.2, 0) is 11.3 Å². The molecular formula is C19H24N4OS. The van der Waals surface area contributed by atoms with Gasteiger partial charge in [-0.25, -0.2) is 4.98 Å². The van der Waals surface area contributed by atoms with Crippen LogP contribution < -0.4 is 0 Å². The van der Waals surface area contributed by atoms with E-state index >= 15 is 0 Å². The van der Waals surface area contributed by atoms with Crippen LogP contribution in [0.25, 0.3) is 0 Å². The Morgan fingerprint density at radius 1 is 1.12 bits per heavy atom. The van der Waals surface area contributed by atoms with E-state index in [-0.39, 0.29) is 11.2 Å². The molecule has 3 heterocycles. The molecule has 1 unspecified atom stereocenters. The van der Waals surface area contributed by atoms with Crippen LogP contribution in [0.15, 0.2) is 47.8 Å². The third-order valence-electron chi connectivity index (χ3n) is 4.46. The van der Waals surface area contributed by atoms with Gasteiger partial charge < -0.3 is 4.90 Å². The Morgan fingerprint density at radius 2 is 1.88 bits per heavy atom. The minimum absolute atomic E-state index is 0.112. The number of aryl methyl sites for hydroxylation is 1. The fourth-order valence-corrected chi connectivity index (χ4v) is 3.82. The first-order valence-electron chi connectivity index (χ1n) is 8.63. The number of hydrogen-bond donors (Lipinski definition) is 0. The maximum absolute atomic E-state index is 12.7. The van der Waals surface area contributed by atoms with Crippen molar-refractivity contribution in [1.82, 2.24) is 19.8 Å². The summed E-state index contributed by atoms with van der Waals surface area (Å²) in [7, 11) is 0. The molecule has 0 radical (unpaired) electrons. The van der Waals surface area contributed by atoms with Gasteiger partial charge in [0.05, 0.1) is 16.0 Å². The van der Waals surface area contributed by atoms with Crippen molar-refractivity contribution in [2.75, 3.05) is 26.2 Å². The Hall–Kier alpha value is -1.92. The summed E-state index contributed by atoms with van der Waals surface area (Å²) in [6.07, 6.45) is 3.61. The van der Waals surface area contributed by atoms with Gasteiger partial charge in [-0.05, 0) is 37.6 Å². The zero-order valence-electron chi connectivity index (χ0n) is 14.8. The average Bonchev–Trinajstić information content (AvgIpc) is 2.64. The smallest absolute Gasteiger partial charge is 0.235 e. The second-order valence-electron chi connectivity index (χ2n) is 6.30. The number of carbonyl (C=O) groups excluding carboxylic acids is 1. The zero-order valence-corrected chi connectivity index (χ0v) is 15.6. The number of nitrogens with zero attached hydrogens (tertiary/aromatic N) is 4. The molecule has 2 aromatic rings. The first-order valence-corrected chi connectivity index (χ1v) is 9.51. The van der Waals surface area contributed by atoms with Crippen molar-refractivity contribution in [3.8, 4) is 0 Å². The van der Waals surface area contributed by atoms with Crippen LogP contribution in [-0.4, -0.2) is 57.1 Å². The molecular weight excluding hydrogens is 332 g/mol. The van der Waals surface area contributed by atoms with Gasteiger partial charge in [0.25, 0.3) is 0 Å². The van der Waals surface area contributed by atoms with Crippen molar-refractivity contribution in [3.63, 3.8) is 0 Å². The van der Waals surface area contributed by atoms with Crippen molar-refractivity contribution in [2.45, 2.75) is 30.7 Å². The number of rotatable bonds is 5. The summed E-state index contributed by atoms with van der Waals surface area (Å²) in [5, 5.41) is 0.784. The average molecular weight is 356 g/mol. The third kappa shape index (κ3) is 4.80. The molecule has 5 nitrogen and oxygen atoms in total. The molecule has 6 heteroatoms. The highest BCUT2D eigenvalue weighted by Crippen LogP contribution is 2.22. The van der Waals surface area contributed by atoms with E-state index in [9.17, 15) is 4.79 Å².